The molecule has 1 atom stereocenters. The first-order chi connectivity index (χ1) is 9.24. The standard InChI is InChI=1S/C15H24N4/c1-11-8-17-12(2)15(18-11)19(14-5-6-14)10-13-4-3-7-16-9-13/h8,13-14,16H,3-7,9-10H2,1-2H3. The minimum absolute atomic E-state index is 0.705. The quantitative estimate of drug-likeness (QED) is 0.899. The van der Waals surface area contributed by atoms with Crippen LogP contribution in [-0.2, 0) is 0 Å². The highest BCUT2D eigenvalue weighted by atomic mass is 15.2. The zero-order valence-electron chi connectivity index (χ0n) is 12.0. The lowest BCUT2D eigenvalue weighted by molar-refractivity contribution is 0.375. The van der Waals surface area contributed by atoms with E-state index in [-0.39, 0.29) is 0 Å². The van der Waals surface area contributed by atoms with Gasteiger partial charge in [-0.2, -0.15) is 0 Å². The number of anilines is 1. The van der Waals surface area contributed by atoms with Crippen LogP contribution in [0.5, 0.6) is 0 Å². The second kappa shape index (κ2) is 5.45. The van der Waals surface area contributed by atoms with Gasteiger partial charge in [0.25, 0.3) is 0 Å². The molecule has 1 aliphatic carbocycles. The van der Waals surface area contributed by atoms with Crippen molar-refractivity contribution in [2.75, 3.05) is 24.5 Å². The molecule has 0 aromatic carbocycles. The van der Waals surface area contributed by atoms with Gasteiger partial charge in [-0.15, -0.1) is 0 Å². The van der Waals surface area contributed by atoms with E-state index >= 15 is 0 Å². The Morgan fingerprint density at radius 1 is 1.32 bits per heavy atom. The van der Waals surface area contributed by atoms with Crippen LogP contribution in [0.1, 0.15) is 37.1 Å². The van der Waals surface area contributed by atoms with E-state index in [4.69, 9.17) is 4.98 Å². The molecule has 1 saturated carbocycles. The van der Waals surface area contributed by atoms with E-state index in [1.165, 1.54) is 32.2 Å². The Bertz CT molecular complexity index is 436. The van der Waals surface area contributed by atoms with Crippen molar-refractivity contribution < 1.29 is 0 Å². The molecule has 1 unspecified atom stereocenters. The zero-order valence-corrected chi connectivity index (χ0v) is 12.0. The molecule has 2 fully saturated rings. The fourth-order valence-electron chi connectivity index (χ4n) is 2.95. The van der Waals surface area contributed by atoms with E-state index in [2.05, 4.69) is 22.1 Å². The Balaban J connectivity index is 1.78. The number of hydrogen-bond acceptors (Lipinski definition) is 4. The van der Waals surface area contributed by atoms with Crippen LogP contribution >= 0.6 is 0 Å². The first-order valence-electron chi connectivity index (χ1n) is 7.51. The van der Waals surface area contributed by atoms with Gasteiger partial charge in [0.15, 0.2) is 5.82 Å². The topological polar surface area (TPSA) is 41.1 Å². The van der Waals surface area contributed by atoms with Crippen molar-refractivity contribution in [3.05, 3.63) is 17.6 Å². The van der Waals surface area contributed by atoms with Crippen LogP contribution in [0, 0.1) is 19.8 Å². The number of aryl methyl sites for hydroxylation is 2. The van der Waals surface area contributed by atoms with Gasteiger partial charge in [-0.05, 0) is 58.5 Å². The molecule has 2 heterocycles. The van der Waals surface area contributed by atoms with Crippen LogP contribution in [0.3, 0.4) is 0 Å². The van der Waals surface area contributed by atoms with E-state index in [1.807, 2.05) is 13.1 Å². The molecule has 0 spiro atoms. The summed E-state index contributed by atoms with van der Waals surface area (Å²) in [5.74, 6) is 1.88. The molecule has 1 aliphatic heterocycles. The third-order valence-electron chi connectivity index (χ3n) is 4.16. The molecule has 104 valence electrons. The maximum atomic E-state index is 4.74. The summed E-state index contributed by atoms with van der Waals surface area (Å²) < 4.78 is 0. The number of rotatable bonds is 4. The van der Waals surface area contributed by atoms with Crippen LogP contribution in [0.2, 0.25) is 0 Å². The van der Waals surface area contributed by atoms with Crippen molar-refractivity contribution >= 4 is 5.82 Å². The zero-order chi connectivity index (χ0) is 13.2. The molecule has 19 heavy (non-hydrogen) atoms. The van der Waals surface area contributed by atoms with Crippen LogP contribution in [0.4, 0.5) is 5.82 Å². The molecule has 0 bridgehead atoms. The summed E-state index contributed by atoms with van der Waals surface area (Å²) in [5.41, 5.74) is 2.09. The average Bonchev–Trinajstić information content (AvgIpc) is 3.25. The van der Waals surface area contributed by atoms with Gasteiger partial charge in [0, 0.05) is 18.8 Å². The molecule has 4 heteroatoms. The molecule has 3 rings (SSSR count). The second-order valence-corrected chi connectivity index (χ2v) is 6.02. The third-order valence-corrected chi connectivity index (χ3v) is 4.16. The highest BCUT2D eigenvalue weighted by Gasteiger charge is 2.33. The summed E-state index contributed by atoms with van der Waals surface area (Å²) in [6.07, 6.45) is 7.15. The largest absolute Gasteiger partial charge is 0.352 e. The fourth-order valence-corrected chi connectivity index (χ4v) is 2.95. The molecule has 0 amide bonds. The minimum Gasteiger partial charge on any atom is -0.352 e. The van der Waals surface area contributed by atoms with Gasteiger partial charge in [0.05, 0.1) is 11.4 Å². The summed E-state index contributed by atoms with van der Waals surface area (Å²) in [4.78, 5) is 11.7. The SMILES string of the molecule is Cc1cnc(C)c(N(CC2CCCNC2)C2CC2)n1. The number of nitrogens with zero attached hydrogens (tertiary/aromatic N) is 3. The molecule has 1 N–H and O–H groups in total. The average molecular weight is 260 g/mol. The van der Waals surface area contributed by atoms with Crippen molar-refractivity contribution in [3.63, 3.8) is 0 Å². The second-order valence-electron chi connectivity index (χ2n) is 6.02. The summed E-state index contributed by atoms with van der Waals surface area (Å²) in [7, 11) is 0. The maximum Gasteiger partial charge on any atom is 0.150 e. The molecule has 1 aromatic heterocycles. The number of nitrogens with one attached hydrogen (secondary N) is 1. The van der Waals surface area contributed by atoms with Crippen molar-refractivity contribution in [1.82, 2.24) is 15.3 Å². The molecular weight excluding hydrogens is 236 g/mol. The van der Waals surface area contributed by atoms with E-state index < -0.39 is 0 Å². The highest BCUT2D eigenvalue weighted by molar-refractivity contribution is 5.46. The van der Waals surface area contributed by atoms with Crippen molar-refractivity contribution in [3.8, 4) is 0 Å². The smallest absolute Gasteiger partial charge is 0.150 e. The number of hydrogen-bond donors (Lipinski definition) is 1. The van der Waals surface area contributed by atoms with Crippen molar-refractivity contribution in [1.29, 1.82) is 0 Å². The van der Waals surface area contributed by atoms with Crippen molar-refractivity contribution in [2.45, 2.75) is 45.6 Å². The maximum absolute atomic E-state index is 4.74. The molecule has 1 saturated heterocycles. The predicted octanol–water partition coefficient (Wildman–Crippen LogP) is 2.06. The molecule has 1 aromatic rings. The van der Waals surface area contributed by atoms with Gasteiger partial charge in [0.1, 0.15) is 0 Å². The van der Waals surface area contributed by atoms with Crippen LogP contribution in [0.15, 0.2) is 6.20 Å². The summed E-state index contributed by atoms with van der Waals surface area (Å²) >= 11 is 0. The van der Waals surface area contributed by atoms with Crippen LogP contribution < -0.4 is 10.2 Å². The molecule has 2 aliphatic rings. The predicted molar refractivity (Wildman–Crippen MR) is 77.5 cm³/mol. The number of aromatic nitrogens is 2. The lowest BCUT2D eigenvalue weighted by atomic mass is 9.99. The summed E-state index contributed by atoms with van der Waals surface area (Å²) in [5, 5.41) is 3.51. The molecular formula is C15H24N4. The lowest BCUT2D eigenvalue weighted by Crippen LogP contribution is -2.40. The van der Waals surface area contributed by atoms with E-state index in [0.717, 1.165) is 36.2 Å². The Hall–Kier alpha value is -1.16. The summed E-state index contributed by atoms with van der Waals surface area (Å²) in [6.45, 7) is 7.58. The Kier molecular flexibility index (Phi) is 3.69. The molecule has 4 nitrogen and oxygen atoms in total. The minimum atomic E-state index is 0.705. The van der Waals surface area contributed by atoms with Crippen molar-refractivity contribution in [2.24, 2.45) is 5.92 Å². The monoisotopic (exact) mass is 260 g/mol. The van der Waals surface area contributed by atoms with Crippen LogP contribution in [0.25, 0.3) is 0 Å². The Labute approximate surface area is 115 Å². The Morgan fingerprint density at radius 3 is 2.84 bits per heavy atom. The molecule has 0 radical (unpaired) electrons. The van der Waals surface area contributed by atoms with Gasteiger partial charge in [-0.25, -0.2) is 4.98 Å². The van der Waals surface area contributed by atoms with Gasteiger partial charge in [-0.1, -0.05) is 0 Å². The van der Waals surface area contributed by atoms with Crippen LogP contribution in [-0.4, -0.2) is 35.6 Å². The normalized spacial score (nSPS) is 23.4. The first kappa shape index (κ1) is 12.9. The van der Waals surface area contributed by atoms with Gasteiger partial charge in [0.2, 0.25) is 0 Å². The lowest BCUT2D eigenvalue weighted by Gasteiger charge is -2.31. The van der Waals surface area contributed by atoms with Gasteiger partial charge in [-0.3, -0.25) is 4.98 Å². The fraction of sp³-hybridized carbons (Fsp3) is 0.733. The van der Waals surface area contributed by atoms with E-state index in [0.29, 0.717) is 6.04 Å². The Morgan fingerprint density at radius 2 is 2.16 bits per heavy atom. The van der Waals surface area contributed by atoms with E-state index in [9.17, 15) is 0 Å². The van der Waals surface area contributed by atoms with Gasteiger partial charge < -0.3 is 10.2 Å². The van der Waals surface area contributed by atoms with E-state index in [1.54, 1.807) is 0 Å². The van der Waals surface area contributed by atoms with Gasteiger partial charge >= 0.3 is 0 Å². The number of piperidine rings is 1. The third kappa shape index (κ3) is 3.06. The first-order valence-corrected chi connectivity index (χ1v) is 7.51. The summed E-state index contributed by atoms with van der Waals surface area (Å²) in [6, 6.07) is 0.705. The highest BCUT2D eigenvalue weighted by Crippen LogP contribution is 2.33.